The Morgan fingerprint density at radius 2 is 2.25 bits per heavy atom. The highest BCUT2D eigenvalue weighted by atomic mass is 35.5. The van der Waals surface area contributed by atoms with Gasteiger partial charge >= 0.3 is 0 Å². The molecule has 3 rings (SSSR count). The molecule has 0 bridgehead atoms. The van der Waals surface area contributed by atoms with Crippen LogP contribution in [0.4, 0.5) is 5.69 Å². The Bertz CT molecular complexity index is 709. The van der Waals surface area contributed by atoms with Gasteiger partial charge < -0.3 is 9.84 Å². The highest BCUT2D eigenvalue weighted by molar-refractivity contribution is 7.13. The number of rotatable bonds is 4. The monoisotopic (exact) mass is 305 g/mol. The zero-order chi connectivity index (χ0) is 13.9. The highest BCUT2D eigenvalue weighted by Gasteiger charge is 2.09. The molecule has 0 aliphatic heterocycles. The number of nitrogens with zero attached hydrogens (tertiary/aromatic N) is 2. The van der Waals surface area contributed by atoms with Crippen LogP contribution in [0.3, 0.4) is 0 Å². The minimum absolute atomic E-state index is 0.487. The molecular weight excluding hydrogens is 294 g/mol. The molecular formula is C14H12ClN3OS. The number of nitrogens with one attached hydrogen (secondary N) is 1. The van der Waals surface area contributed by atoms with Gasteiger partial charge in [-0.05, 0) is 42.1 Å². The van der Waals surface area contributed by atoms with Crippen LogP contribution in [0.5, 0.6) is 0 Å². The van der Waals surface area contributed by atoms with Gasteiger partial charge in [-0.1, -0.05) is 22.8 Å². The Morgan fingerprint density at radius 3 is 3.00 bits per heavy atom. The molecule has 2 aromatic heterocycles. The fourth-order valence-corrected chi connectivity index (χ4v) is 2.70. The van der Waals surface area contributed by atoms with Gasteiger partial charge in [0.15, 0.2) is 0 Å². The number of anilines is 1. The smallest absolute Gasteiger partial charge is 0.246 e. The van der Waals surface area contributed by atoms with Crippen LogP contribution in [-0.4, -0.2) is 10.1 Å². The first-order chi connectivity index (χ1) is 9.72. The van der Waals surface area contributed by atoms with Crippen molar-refractivity contribution in [2.75, 3.05) is 5.32 Å². The average molecular weight is 306 g/mol. The second-order valence-corrected chi connectivity index (χ2v) is 5.69. The molecule has 0 saturated heterocycles. The summed E-state index contributed by atoms with van der Waals surface area (Å²) in [6.45, 7) is 2.49. The molecule has 0 aliphatic carbocycles. The first-order valence-electron chi connectivity index (χ1n) is 6.09. The van der Waals surface area contributed by atoms with Crippen molar-refractivity contribution in [1.82, 2.24) is 10.1 Å². The van der Waals surface area contributed by atoms with E-state index in [0.29, 0.717) is 18.3 Å². The minimum Gasteiger partial charge on any atom is -0.376 e. The maximum absolute atomic E-state index is 5.93. The first kappa shape index (κ1) is 13.1. The van der Waals surface area contributed by atoms with Crippen molar-refractivity contribution in [3.05, 3.63) is 52.2 Å². The molecule has 20 heavy (non-hydrogen) atoms. The third-order valence-electron chi connectivity index (χ3n) is 2.83. The lowest BCUT2D eigenvalue weighted by molar-refractivity contribution is 0.384. The van der Waals surface area contributed by atoms with Crippen molar-refractivity contribution in [3.8, 4) is 10.7 Å². The third kappa shape index (κ3) is 2.84. The van der Waals surface area contributed by atoms with E-state index in [1.54, 1.807) is 11.3 Å². The molecule has 0 unspecified atom stereocenters. The summed E-state index contributed by atoms with van der Waals surface area (Å²) in [5.74, 6) is 1.19. The van der Waals surface area contributed by atoms with Crippen molar-refractivity contribution in [3.63, 3.8) is 0 Å². The van der Waals surface area contributed by atoms with E-state index in [2.05, 4.69) is 15.5 Å². The van der Waals surface area contributed by atoms with Gasteiger partial charge in [0.05, 0.1) is 11.4 Å². The van der Waals surface area contributed by atoms with Crippen LogP contribution in [0.15, 0.2) is 40.2 Å². The van der Waals surface area contributed by atoms with E-state index in [4.69, 9.17) is 16.1 Å². The molecule has 102 valence electrons. The van der Waals surface area contributed by atoms with Gasteiger partial charge in [-0.2, -0.15) is 4.98 Å². The summed E-state index contributed by atoms with van der Waals surface area (Å²) in [6, 6.07) is 9.63. The fourth-order valence-electron chi connectivity index (χ4n) is 1.83. The maximum atomic E-state index is 5.93. The number of thiophene rings is 1. The van der Waals surface area contributed by atoms with E-state index in [1.807, 2.05) is 42.6 Å². The summed E-state index contributed by atoms with van der Waals surface area (Å²) in [5, 5.41) is 9.95. The number of aromatic nitrogens is 2. The molecule has 3 aromatic rings. The largest absolute Gasteiger partial charge is 0.376 e. The van der Waals surface area contributed by atoms with E-state index < -0.39 is 0 Å². The van der Waals surface area contributed by atoms with Crippen LogP contribution < -0.4 is 5.32 Å². The quantitative estimate of drug-likeness (QED) is 0.777. The predicted molar refractivity (Wildman–Crippen MR) is 81.1 cm³/mol. The van der Waals surface area contributed by atoms with Crippen LogP contribution >= 0.6 is 22.9 Å². The lowest BCUT2D eigenvalue weighted by Gasteiger charge is -2.07. The molecule has 1 N–H and O–H groups in total. The van der Waals surface area contributed by atoms with Crippen molar-refractivity contribution in [1.29, 1.82) is 0 Å². The molecule has 0 atom stereocenters. The van der Waals surface area contributed by atoms with Crippen molar-refractivity contribution in [2.24, 2.45) is 0 Å². The average Bonchev–Trinajstić information content (AvgIpc) is 3.08. The lowest BCUT2D eigenvalue weighted by Crippen LogP contribution is -2.01. The lowest BCUT2D eigenvalue weighted by atomic mass is 10.2. The minimum atomic E-state index is 0.487. The summed E-state index contributed by atoms with van der Waals surface area (Å²) < 4.78 is 5.23. The van der Waals surface area contributed by atoms with E-state index in [0.717, 1.165) is 21.2 Å². The summed E-state index contributed by atoms with van der Waals surface area (Å²) in [4.78, 5) is 5.36. The van der Waals surface area contributed by atoms with Crippen molar-refractivity contribution >= 4 is 28.6 Å². The van der Waals surface area contributed by atoms with Crippen molar-refractivity contribution in [2.45, 2.75) is 13.5 Å². The highest BCUT2D eigenvalue weighted by Crippen LogP contribution is 2.22. The molecule has 0 spiro atoms. The van der Waals surface area contributed by atoms with Gasteiger partial charge in [-0.15, -0.1) is 11.3 Å². The van der Waals surface area contributed by atoms with Gasteiger partial charge in [-0.3, -0.25) is 0 Å². The van der Waals surface area contributed by atoms with E-state index >= 15 is 0 Å². The molecule has 0 aliphatic rings. The number of aryl methyl sites for hydroxylation is 1. The Labute approximate surface area is 125 Å². The zero-order valence-corrected chi connectivity index (χ0v) is 12.3. The van der Waals surface area contributed by atoms with E-state index in [9.17, 15) is 0 Å². The molecule has 0 saturated carbocycles. The van der Waals surface area contributed by atoms with Gasteiger partial charge in [-0.25, -0.2) is 0 Å². The van der Waals surface area contributed by atoms with Gasteiger partial charge in [0, 0.05) is 10.7 Å². The fraction of sp³-hybridized carbons (Fsp3) is 0.143. The van der Waals surface area contributed by atoms with Gasteiger partial charge in [0.1, 0.15) is 0 Å². The maximum Gasteiger partial charge on any atom is 0.246 e. The van der Waals surface area contributed by atoms with Crippen LogP contribution in [0.2, 0.25) is 5.02 Å². The van der Waals surface area contributed by atoms with Crippen molar-refractivity contribution < 1.29 is 4.52 Å². The molecule has 1 aromatic carbocycles. The topological polar surface area (TPSA) is 51.0 Å². The molecule has 2 heterocycles. The van der Waals surface area contributed by atoms with Gasteiger partial charge in [0.25, 0.3) is 0 Å². The molecule has 0 fully saturated rings. The Morgan fingerprint density at radius 1 is 1.35 bits per heavy atom. The summed E-state index contributed by atoms with van der Waals surface area (Å²) in [5.41, 5.74) is 2.08. The molecule has 0 radical (unpaired) electrons. The third-order valence-corrected chi connectivity index (χ3v) is 3.93. The van der Waals surface area contributed by atoms with E-state index in [-0.39, 0.29) is 0 Å². The van der Waals surface area contributed by atoms with Crippen LogP contribution in [-0.2, 0) is 6.54 Å². The Kier molecular flexibility index (Phi) is 3.71. The first-order valence-corrected chi connectivity index (χ1v) is 7.34. The zero-order valence-electron chi connectivity index (χ0n) is 10.8. The van der Waals surface area contributed by atoms with Gasteiger partial charge in [0.2, 0.25) is 11.7 Å². The van der Waals surface area contributed by atoms with Crippen LogP contribution in [0, 0.1) is 6.92 Å². The SMILES string of the molecule is Cc1cc(Cl)ccc1NCc1nc(-c2cccs2)no1. The summed E-state index contributed by atoms with van der Waals surface area (Å²) in [6.07, 6.45) is 0. The van der Waals surface area contributed by atoms with Crippen LogP contribution in [0.25, 0.3) is 10.7 Å². The Hall–Kier alpha value is -1.85. The second-order valence-electron chi connectivity index (χ2n) is 4.30. The van der Waals surface area contributed by atoms with E-state index in [1.165, 1.54) is 0 Å². The number of benzene rings is 1. The second kappa shape index (κ2) is 5.64. The summed E-state index contributed by atoms with van der Waals surface area (Å²) in [7, 11) is 0. The normalized spacial score (nSPS) is 10.7. The molecule has 0 amide bonds. The predicted octanol–water partition coefficient (Wildman–Crippen LogP) is 4.37. The molecule has 6 heteroatoms. The standard InChI is InChI=1S/C14H12ClN3OS/c1-9-7-10(15)4-5-11(9)16-8-13-17-14(18-19-13)12-3-2-6-20-12/h2-7,16H,8H2,1H3. The number of hydrogen-bond acceptors (Lipinski definition) is 5. The Balaban J connectivity index is 1.70. The molecule has 4 nitrogen and oxygen atoms in total. The van der Waals surface area contributed by atoms with Crippen LogP contribution in [0.1, 0.15) is 11.5 Å². The number of halogens is 1. The summed E-state index contributed by atoms with van der Waals surface area (Å²) >= 11 is 7.51. The number of hydrogen-bond donors (Lipinski definition) is 1.